The Morgan fingerprint density at radius 2 is 2.00 bits per heavy atom. The Hall–Kier alpha value is -2.07. The Kier molecular flexibility index (Phi) is 6.41. The van der Waals surface area contributed by atoms with Gasteiger partial charge in [-0.2, -0.15) is 0 Å². The first-order valence-electron chi connectivity index (χ1n) is 7.86. The summed E-state index contributed by atoms with van der Waals surface area (Å²) in [6.07, 6.45) is 4.13. The fourth-order valence-electron chi connectivity index (χ4n) is 2.43. The summed E-state index contributed by atoms with van der Waals surface area (Å²) in [4.78, 5) is 18.6. The summed E-state index contributed by atoms with van der Waals surface area (Å²) in [5.41, 5.74) is 2.66. The summed E-state index contributed by atoms with van der Waals surface area (Å²) in [5.74, 6) is -0.103. The van der Waals surface area contributed by atoms with Crippen LogP contribution in [0.5, 0.6) is 0 Å². The maximum Gasteiger partial charge on any atom is 0.252 e. The van der Waals surface area contributed by atoms with E-state index >= 15 is 0 Å². The topological polar surface area (TPSA) is 45.2 Å². The maximum absolute atomic E-state index is 12.3. The SMILES string of the molecule is CCN(CC)c1cncc(C(=O)NCCc2cccc(Cl)c2)c1. The average molecular weight is 332 g/mol. The lowest BCUT2D eigenvalue weighted by molar-refractivity contribution is 0.0954. The van der Waals surface area contributed by atoms with Gasteiger partial charge >= 0.3 is 0 Å². The van der Waals surface area contributed by atoms with Crippen LogP contribution in [-0.2, 0) is 6.42 Å². The zero-order valence-electron chi connectivity index (χ0n) is 13.6. The van der Waals surface area contributed by atoms with Gasteiger partial charge in [0.15, 0.2) is 0 Å². The highest BCUT2D eigenvalue weighted by Crippen LogP contribution is 2.14. The van der Waals surface area contributed by atoms with E-state index in [0.717, 1.165) is 30.8 Å². The van der Waals surface area contributed by atoms with Gasteiger partial charge in [0.25, 0.3) is 5.91 Å². The summed E-state index contributed by atoms with van der Waals surface area (Å²) in [6.45, 7) is 6.51. The normalized spacial score (nSPS) is 10.4. The molecule has 0 saturated carbocycles. The van der Waals surface area contributed by atoms with E-state index in [0.29, 0.717) is 17.1 Å². The Balaban J connectivity index is 1.94. The molecule has 0 aliphatic heterocycles. The number of halogens is 1. The predicted molar refractivity (Wildman–Crippen MR) is 95.3 cm³/mol. The van der Waals surface area contributed by atoms with Gasteiger partial charge in [-0.3, -0.25) is 9.78 Å². The van der Waals surface area contributed by atoms with Crippen LogP contribution in [0.1, 0.15) is 29.8 Å². The molecule has 1 amide bonds. The second kappa shape index (κ2) is 8.53. The lowest BCUT2D eigenvalue weighted by atomic mass is 10.1. The molecular weight excluding hydrogens is 310 g/mol. The van der Waals surface area contributed by atoms with E-state index in [2.05, 4.69) is 29.0 Å². The van der Waals surface area contributed by atoms with Gasteiger partial charge < -0.3 is 10.2 Å². The van der Waals surface area contributed by atoms with Gasteiger partial charge in [-0.05, 0) is 44.0 Å². The molecule has 2 rings (SSSR count). The van der Waals surface area contributed by atoms with E-state index in [1.807, 2.05) is 30.3 Å². The van der Waals surface area contributed by atoms with Gasteiger partial charge in [0, 0.05) is 30.9 Å². The number of anilines is 1. The molecule has 0 fully saturated rings. The molecule has 0 unspecified atom stereocenters. The lowest BCUT2D eigenvalue weighted by Crippen LogP contribution is -2.27. The molecule has 0 radical (unpaired) electrons. The van der Waals surface area contributed by atoms with Crippen molar-refractivity contribution in [1.29, 1.82) is 0 Å². The van der Waals surface area contributed by atoms with Gasteiger partial charge in [0.2, 0.25) is 0 Å². The van der Waals surface area contributed by atoms with E-state index < -0.39 is 0 Å². The standard InChI is InChI=1S/C18H22ClN3O/c1-3-22(4-2)17-11-15(12-20-13-17)18(23)21-9-8-14-6-5-7-16(19)10-14/h5-7,10-13H,3-4,8-9H2,1-2H3,(H,21,23). The van der Waals surface area contributed by atoms with E-state index in [-0.39, 0.29) is 5.91 Å². The molecule has 0 atom stereocenters. The number of nitrogens with zero attached hydrogens (tertiary/aromatic N) is 2. The number of rotatable bonds is 7. The molecular formula is C18H22ClN3O. The Morgan fingerprint density at radius 3 is 2.70 bits per heavy atom. The van der Waals surface area contributed by atoms with Gasteiger partial charge in [0.05, 0.1) is 17.4 Å². The van der Waals surface area contributed by atoms with E-state index in [1.54, 1.807) is 12.4 Å². The third-order valence-corrected chi connectivity index (χ3v) is 3.94. The van der Waals surface area contributed by atoms with Crippen LogP contribution in [0.2, 0.25) is 5.02 Å². The Bertz CT molecular complexity index is 656. The number of aromatic nitrogens is 1. The maximum atomic E-state index is 12.3. The van der Waals surface area contributed by atoms with Gasteiger partial charge in [-0.25, -0.2) is 0 Å². The molecule has 2 aromatic rings. The number of benzene rings is 1. The number of amides is 1. The van der Waals surface area contributed by atoms with Crippen molar-refractivity contribution in [2.45, 2.75) is 20.3 Å². The Morgan fingerprint density at radius 1 is 1.22 bits per heavy atom. The highest BCUT2D eigenvalue weighted by Gasteiger charge is 2.09. The van der Waals surface area contributed by atoms with Crippen LogP contribution in [-0.4, -0.2) is 30.5 Å². The number of carbonyl (C=O) groups excluding carboxylic acids is 1. The number of hydrogen-bond donors (Lipinski definition) is 1. The molecule has 0 aliphatic carbocycles. The van der Waals surface area contributed by atoms with Crippen molar-refractivity contribution in [1.82, 2.24) is 10.3 Å². The van der Waals surface area contributed by atoms with Crippen molar-refractivity contribution < 1.29 is 4.79 Å². The number of carbonyl (C=O) groups is 1. The highest BCUT2D eigenvalue weighted by molar-refractivity contribution is 6.30. The quantitative estimate of drug-likeness (QED) is 0.843. The van der Waals surface area contributed by atoms with Crippen molar-refractivity contribution >= 4 is 23.2 Å². The van der Waals surface area contributed by atoms with Crippen LogP contribution in [0.3, 0.4) is 0 Å². The largest absolute Gasteiger partial charge is 0.371 e. The third kappa shape index (κ3) is 4.96. The van der Waals surface area contributed by atoms with Crippen LogP contribution in [0.15, 0.2) is 42.7 Å². The fourth-order valence-corrected chi connectivity index (χ4v) is 2.64. The van der Waals surface area contributed by atoms with Gasteiger partial charge in [-0.15, -0.1) is 0 Å². The summed E-state index contributed by atoms with van der Waals surface area (Å²) in [6, 6.07) is 9.55. The van der Waals surface area contributed by atoms with Gasteiger partial charge in [0.1, 0.15) is 0 Å². The average Bonchev–Trinajstić information content (AvgIpc) is 2.56. The second-order valence-electron chi connectivity index (χ2n) is 5.24. The molecule has 0 spiro atoms. The molecule has 5 heteroatoms. The van der Waals surface area contributed by atoms with E-state index in [4.69, 9.17) is 11.6 Å². The van der Waals surface area contributed by atoms with Crippen molar-refractivity contribution in [2.75, 3.05) is 24.5 Å². The molecule has 23 heavy (non-hydrogen) atoms. The molecule has 1 aromatic heterocycles. The second-order valence-corrected chi connectivity index (χ2v) is 5.68. The minimum atomic E-state index is -0.103. The first-order valence-corrected chi connectivity index (χ1v) is 8.24. The highest BCUT2D eigenvalue weighted by atomic mass is 35.5. The van der Waals surface area contributed by atoms with Crippen LogP contribution < -0.4 is 10.2 Å². The lowest BCUT2D eigenvalue weighted by Gasteiger charge is -2.20. The molecule has 122 valence electrons. The zero-order chi connectivity index (χ0) is 16.7. The molecule has 1 N–H and O–H groups in total. The number of hydrogen-bond acceptors (Lipinski definition) is 3. The summed E-state index contributed by atoms with van der Waals surface area (Å²) >= 11 is 5.96. The molecule has 0 saturated heterocycles. The first-order chi connectivity index (χ1) is 11.1. The van der Waals surface area contributed by atoms with Crippen molar-refractivity contribution in [3.05, 3.63) is 58.9 Å². The smallest absolute Gasteiger partial charge is 0.252 e. The van der Waals surface area contributed by atoms with Crippen LogP contribution in [0.4, 0.5) is 5.69 Å². The zero-order valence-corrected chi connectivity index (χ0v) is 14.3. The molecule has 1 aromatic carbocycles. The predicted octanol–water partition coefficient (Wildman–Crippen LogP) is 3.55. The minimum Gasteiger partial charge on any atom is -0.371 e. The van der Waals surface area contributed by atoms with E-state index in [1.165, 1.54) is 0 Å². The number of pyridine rings is 1. The van der Waals surface area contributed by atoms with Crippen molar-refractivity contribution in [2.24, 2.45) is 0 Å². The van der Waals surface area contributed by atoms with Crippen LogP contribution in [0.25, 0.3) is 0 Å². The molecule has 4 nitrogen and oxygen atoms in total. The third-order valence-electron chi connectivity index (χ3n) is 3.70. The van der Waals surface area contributed by atoms with Crippen molar-refractivity contribution in [3.8, 4) is 0 Å². The molecule has 0 aliphatic rings. The van der Waals surface area contributed by atoms with E-state index in [9.17, 15) is 4.79 Å². The Labute approximate surface area is 142 Å². The summed E-state index contributed by atoms with van der Waals surface area (Å²) in [7, 11) is 0. The summed E-state index contributed by atoms with van der Waals surface area (Å²) < 4.78 is 0. The first kappa shape index (κ1) is 17.3. The van der Waals surface area contributed by atoms with Crippen LogP contribution in [0, 0.1) is 0 Å². The monoisotopic (exact) mass is 331 g/mol. The summed E-state index contributed by atoms with van der Waals surface area (Å²) in [5, 5.41) is 3.64. The molecule has 1 heterocycles. The number of nitrogens with one attached hydrogen (secondary N) is 1. The van der Waals surface area contributed by atoms with Gasteiger partial charge in [-0.1, -0.05) is 23.7 Å². The van der Waals surface area contributed by atoms with Crippen molar-refractivity contribution in [3.63, 3.8) is 0 Å². The fraction of sp³-hybridized carbons (Fsp3) is 0.333. The minimum absolute atomic E-state index is 0.103. The molecule has 0 bridgehead atoms. The van der Waals surface area contributed by atoms with Crippen LogP contribution >= 0.6 is 11.6 Å².